The fraction of sp³-hybridized carbons (Fsp3) is 0.708. The number of rotatable bonds is 7. The molecule has 6 nitrogen and oxygen atoms in total. The Hall–Kier alpha value is -1.89. The molecule has 31 heavy (non-hydrogen) atoms. The van der Waals surface area contributed by atoms with Gasteiger partial charge in [0, 0.05) is 4.88 Å². The van der Waals surface area contributed by atoms with Crippen molar-refractivity contribution in [2.45, 2.75) is 79.1 Å². The predicted molar refractivity (Wildman–Crippen MR) is 122 cm³/mol. The van der Waals surface area contributed by atoms with Gasteiger partial charge < -0.3 is 15.2 Å². The van der Waals surface area contributed by atoms with E-state index in [4.69, 9.17) is 4.74 Å². The Morgan fingerprint density at radius 1 is 1.13 bits per heavy atom. The molecule has 1 saturated carbocycles. The summed E-state index contributed by atoms with van der Waals surface area (Å²) in [6, 6.07) is 0. The molecule has 1 heterocycles. The van der Waals surface area contributed by atoms with Crippen LogP contribution in [-0.2, 0) is 27.2 Å². The molecule has 3 atom stereocenters. The molecule has 0 saturated heterocycles. The molecule has 1 aromatic heterocycles. The highest BCUT2D eigenvalue weighted by Gasteiger charge is 2.38. The number of ether oxygens (including phenoxy) is 1. The molecule has 0 unspecified atom stereocenters. The summed E-state index contributed by atoms with van der Waals surface area (Å²) in [4.78, 5) is 38.7. The monoisotopic (exact) mass is 449 g/mol. The van der Waals surface area contributed by atoms with Crippen molar-refractivity contribution < 1.29 is 24.2 Å². The minimum atomic E-state index is -0.916. The van der Waals surface area contributed by atoms with E-state index >= 15 is 0 Å². The zero-order valence-electron chi connectivity index (χ0n) is 19.1. The second kappa shape index (κ2) is 9.72. The first-order valence-corrected chi connectivity index (χ1v) is 12.4. The zero-order valence-corrected chi connectivity index (χ0v) is 19.9. The van der Waals surface area contributed by atoms with Gasteiger partial charge in [0.2, 0.25) is 5.91 Å². The van der Waals surface area contributed by atoms with E-state index in [1.807, 2.05) is 0 Å². The maximum absolute atomic E-state index is 13.1. The van der Waals surface area contributed by atoms with E-state index in [0.29, 0.717) is 29.3 Å². The molecule has 1 aromatic rings. The Morgan fingerprint density at radius 3 is 2.42 bits per heavy atom. The normalized spacial score (nSPS) is 23.7. The number of carbonyl (C=O) groups excluding carboxylic acids is 2. The first-order valence-electron chi connectivity index (χ1n) is 11.5. The van der Waals surface area contributed by atoms with Gasteiger partial charge in [-0.15, -0.1) is 11.3 Å². The quantitative estimate of drug-likeness (QED) is 0.551. The van der Waals surface area contributed by atoms with Gasteiger partial charge in [0.25, 0.3) is 0 Å². The smallest absolute Gasteiger partial charge is 0.341 e. The predicted octanol–water partition coefficient (Wildman–Crippen LogP) is 5.30. The van der Waals surface area contributed by atoms with Crippen molar-refractivity contribution in [2.75, 3.05) is 11.9 Å². The van der Waals surface area contributed by atoms with E-state index in [9.17, 15) is 19.5 Å². The summed E-state index contributed by atoms with van der Waals surface area (Å²) in [5, 5.41) is 13.0. The van der Waals surface area contributed by atoms with Gasteiger partial charge in [-0.1, -0.05) is 40.0 Å². The second-order valence-electron chi connectivity index (χ2n) is 9.54. The molecule has 172 valence electrons. The van der Waals surface area contributed by atoms with Crippen LogP contribution in [0.1, 0.15) is 87.0 Å². The van der Waals surface area contributed by atoms with Crippen LogP contribution >= 0.6 is 11.3 Å². The number of esters is 1. The summed E-state index contributed by atoms with van der Waals surface area (Å²) in [6.45, 7) is 8.84. The van der Waals surface area contributed by atoms with E-state index in [1.54, 1.807) is 6.92 Å². The van der Waals surface area contributed by atoms with Gasteiger partial charge in [-0.25, -0.2) is 4.79 Å². The topological polar surface area (TPSA) is 92.7 Å². The number of thiophene rings is 1. The Kier molecular flexibility index (Phi) is 7.45. The van der Waals surface area contributed by atoms with Crippen LogP contribution in [0.4, 0.5) is 5.00 Å². The maximum Gasteiger partial charge on any atom is 0.341 e. The third-order valence-corrected chi connectivity index (χ3v) is 8.59. The van der Waals surface area contributed by atoms with Crippen LogP contribution in [0, 0.1) is 23.2 Å². The number of carbonyl (C=O) groups is 3. The van der Waals surface area contributed by atoms with Crippen LogP contribution < -0.4 is 5.32 Å². The van der Waals surface area contributed by atoms with Crippen molar-refractivity contribution in [1.82, 2.24) is 0 Å². The van der Waals surface area contributed by atoms with Crippen LogP contribution in [-0.4, -0.2) is 29.6 Å². The molecular weight excluding hydrogens is 414 g/mol. The maximum atomic E-state index is 13.1. The Balaban J connectivity index is 1.90. The minimum Gasteiger partial charge on any atom is -0.481 e. The Labute approximate surface area is 188 Å². The molecule has 2 N–H and O–H groups in total. The van der Waals surface area contributed by atoms with Crippen molar-refractivity contribution in [3.8, 4) is 0 Å². The fourth-order valence-corrected chi connectivity index (χ4v) is 6.31. The molecule has 0 spiro atoms. The Bertz CT molecular complexity index is 843. The van der Waals surface area contributed by atoms with Crippen LogP contribution in [0.2, 0.25) is 0 Å². The largest absolute Gasteiger partial charge is 0.481 e. The second-order valence-corrected chi connectivity index (χ2v) is 10.6. The van der Waals surface area contributed by atoms with Gasteiger partial charge >= 0.3 is 11.9 Å². The van der Waals surface area contributed by atoms with Gasteiger partial charge in [-0.2, -0.15) is 0 Å². The molecular formula is C24H35NO5S. The van der Waals surface area contributed by atoms with E-state index in [1.165, 1.54) is 11.3 Å². The lowest BCUT2D eigenvalue weighted by Gasteiger charge is -2.36. The average Bonchev–Trinajstić information content (AvgIpc) is 3.10. The van der Waals surface area contributed by atoms with Crippen molar-refractivity contribution in [2.24, 2.45) is 23.2 Å². The summed E-state index contributed by atoms with van der Waals surface area (Å²) in [6.07, 6.45) is 6.55. The van der Waals surface area contributed by atoms with E-state index in [2.05, 4.69) is 26.1 Å². The molecule has 7 heteroatoms. The van der Waals surface area contributed by atoms with Gasteiger partial charge in [-0.3, -0.25) is 9.59 Å². The number of amides is 1. The Morgan fingerprint density at radius 2 is 1.81 bits per heavy atom. The lowest BCUT2D eigenvalue weighted by atomic mass is 9.69. The lowest BCUT2D eigenvalue weighted by Crippen LogP contribution is -2.36. The number of hydrogen-bond acceptors (Lipinski definition) is 5. The lowest BCUT2D eigenvalue weighted by molar-refractivity contribution is -0.147. The van der Waals surface area contributed by atoms with Gasteiger partial charge in [0.1, 0.15) is 5.00 Å². The number of fused-ring (bicyclic) bond motifs is 1. The first kappa shape index (κ1) is 23.8. The van der Waals surface area contributed by atoms with E-state index in [0.717, 1.165) is 49.0 Å². The van der Waals surface area contributed by atoms with Gasteiger partial charge in [0.05, 0.1) is 24.0 Å². The minimum absolute atomic E-state index is 0.214. The van der Waals surface area contributed by atoms with Crippen LogP contribution in [0.3, 0.4) is 0 Å². The molecule has 1 fully saturated rings. The molecule has 0 aliphatic heterocycles. The highest BCUT2D eigenvalue weighted by atomic mass is 32.1. The van der Waals surface area contributed by atoms with Crippen molar-refractivity contribution in [3.05, 3.63) is 16.0 Å². The zero-order chi connectivity index (χ0) is 22.8. The fourth-order valence-electron chi connectivity index (χ4n) is 4.99. The summed E-state index contributed by atoms with van der Waals surface area (Å²) >= 11 is 1.47. The summed E-state index contributed by atoms with van der Waals surface area (Å²) in [7, 11) is 0. The summed E-state index contributed by atoms with van der Waals surface area (Å²) in [5.74, 6) is -2.31. The van der Waals surface area contributed by atoms with Crippen LogP contribution in [0.15, 0.2) is 0 Å². The highest BCUT2D eigenvalue weighted by Crippen LogP contribution is 2.46. The molecule has 0 radical (unpaired) electrons. The number of anilines is 1. The third-order valence-electron chi connectivity index (χ3n) is 7.42. The highest BCUT2D eigenvalue weighted by molar-refractivity contribution is 7.17. The molecule has 2 aliphatic carbocycles. The molecule has 1 amide bonds. The third kappa shape index (κ3) is 4.97. The van der Waals surface area contributed by atoms with E-state index in [-0.39, 0.29) is 17.9 Å². The number of carboxylic acid groups (broad SMARTS) is 1. The van der Waals surface area contributed by atoms with E-state index < -0.39 is 23.8 Å². The van der Waals surface area contributed by atoms with Crippen molar-refractivity contribution in [1.29, 1.82) is 0 Å². The number of aliphatic carboxylic acids is 1. The number of nitrogens with one attached hydrogen (secondary N) is 1. The van der Waals surface area contributed by atoms with Crippen molar-refractivity contribution in [3.63, 3.8) is 0 Å². The molecule has 2 aliphatic rings. The first-order chi connectivity index (χ1) is 14.7. The SMILES string of the molecule is CCOC(=O)c1c(NC(=O)[C@@H]2CCCC[C@@H]2C(=O)O)sc2c1CC[C@H](C(C)(C)CC)C2. The van der Waals surface area contributed by atoms with Crippen LogP contribution in [0.25, 0.3) is 0 Å². The summed E-state index contributed by atoms with van der Waals surface area (Å²) < 4.78 is 5.32. The van der Waals surface area contributed by atoms with Crippen LogP contribution in [0.5, 0.6) is 0 Å². The standard InChI is InChI=1S/C24H35NO5S/c1-5-24(3,4)14-11-12-17-18(13-14)31-21(19(17)23(29)30-6-2)25-20(26)15-9-7-8-10-16(15)22(27)28/h14-16H,5-13H2,1-4H3,(H,25,26)(H,27,28)/t14-,15+,16-/m0/s1. The van der Waals surface area contributed by atoms with Crippen molar-refractivity contribution >= 4 is 34.2 Å². The molecule has 0 aromatic carbocycles. The summed E-state index contributed by atoms with van der Waals surface area (Å²) in [5.41, 5.74) is 1.69. The number of carboxylic acids is 1. The average molecular weight is 450 g/mol. The van der Waals surface area contributed by atoms with Gasteiger partial charge in [-0.05, 0) is 55.9 Å². The van der Waals surface area contributed by atoms with Gasteiger partial charge in [0.15, 0.2) is 0 Å². The molecule has 3 rings (SSSR count). The number of hydrogen-bond donors (Lipinski definition) is 2. The molecule has 0 bridgehead atoms.